The Kier molecular flexibility index (Phi) is 9.87. The van der Waals surface area contributed by atoms with Crippen LogP contribution in [0.3, 0.4) is 0 Å². The molecule has 1 aliphatic carbocycles. The molecule has 2 aromatic rings. The van der Waals surface area contributed by atoms with E-state index < -0.39 is 12.0 Å². The zero-order valence-electron chi connectivity index (χ0n) is 19.1. The maximum absolute atomic E-state index is 11.7. The standard InChI is InChI=1S/C26H35N3O4/c30-24(29-33)15-14-19-6-8-20(9-7-19)16-27-17-21-10-12-22(13-11-21)18-28-25(26(31)32)23-4-2-1-3-5-23/h6-13,23,25,27-28,33H,1-5,14-18H2,(H,29,30)(H,31,32). The minimum Gasteiger partial charge on any atom is -0.480 e. The average molecular weight is 454 g/mol. The molecule has 7 nitrogen and oxygen atoms in total. The van der Waals surface area contributed by atoms with E-state index in [1.54, 1.807) is 5.48 Å². The molecule has 7 heteroatoms. The first kappa shape index (κ1) is 24.9. The summed E-state index contributed by atoms with van der Waals surface area (Å²) in [6.45, 7) is 2.04. The topological polar surface area (TPSA) is 111 Å². The molecule has 1 saturated carbocycles. The number of hydroxylamine groups is 1. The van der Waals surface area contributed by atoms with Crippen molar-refractivity contribution in [1.29, 1.82) is 0 Å². The molecular formula is C26H35N3O4. The molecule has 1 unspecified atom stereocenters. The van der Waals surface area contributed by atoms with E-state index in [0.29, 0.717) is 13.0 Å². The number of benzene rings is 2. The monoisotopic (exact) mass is 453 g/mol. The van der Waals surface area contributed by atoms with Crippen LogP contribution in [0.15, 0.2) is 48.5 Å². The summed E-state index contributed by atoms with van der Waals surface area (Å²) < 4.78 is 0. The van der Waals surface area contributed by atoms with Gasteiger partial charge in [0.05, 0.1) is 0 Å². The highest BCUT2D eigenvalue weighted by Gasteiger charge is 2.28. The molecular weight excluding hydrogens is 418 g/mol. The fourth-order valence-corrected chi connectivity index (χ4v) is 4.41. The van der Waals surface area contributed by atoms with Crippen molar-refractivity contribution in [2.75, 3.05) is 0 Å². The maximum Gasteiger partial charge on any atom is 0.320 e. The van der Waals surface area contributed by atoms with E-state index >= 15 is 0 Å². The Labute approximate surface area is 195 Å². The molecule has 1 atom stereocenters. The third-order valence-corrected chi connectivity index (χ3v) is 6.38. The first-order valence-corrected chi connectivity index (χ1v) is 11.8. The molecule has 33 heavy (non-hydrogen) atoms. The fourth-order valence-electron chi connectivity index (χ4n) is 4.41. The van der Waals surface area contributed by atoms with Gasteiger partial charge in [0, 0.05) is 26.1 Å². The van der Waals surface area contributed by atoms with Crippen LogP contribution in [0, 0.1) is 5.92 Å². The first-order valence-electron chi connectivity index (χ1n) is 11.8. The third kappa shape index (κ3) is 8.28. The summed E-state index contributed by atoms with van der Waals surface area (Å²) in [5.74, 6) is -0.895. The molecule has 5 N–H and O–H groups in total. The van der Waals surface area contributed by atoms with Crippen LogP contribution in [0.5, 0.6) is 0 Å². The van der Waals surface area contributed by atoms with Gasteiger partial charge < -0.3 is 15.7 Å². The van der Waals surface area contributed by atoms with Gasteiger partial charge in [0.25, 0.3) is 0 Å². The third-order valence-electron chi connectivity index (χ3n) is 6.38. The number of carbonyl (C=O) groups is 2. The van der Waals surface area contributed by atoms with Gasteiger partial charge in [0.2, 0.25) is 5.91 Å². The smallest absolute Gasteiger partial charge is 0.320 e. The van der Waals surface area contributed by atoms with Gasteiger partial charge in [-0.3, -0.25) is 14.8 Å². The van der Waals surface area contributed by atoms with Crippen LogP contribution >= 0.6 is 0 Å². The quantitative estimate of drug-likeness (QED) is 0.248. The lowest BCUT2D eigenvalue weighted by molar-refractivity contribution is -0.141. The second-order valence-corrected chi connectivity index (χ2v) is 8.87. The highest BCUT2D eigenvalue weighted by Crippen LogP contribution is 2.26. The molecule has 0 aliphatic heterocycles. The Morgan fingerprint density at radius 1 is 0.818 bits per heavy atom. The van der Waals surface area contributed by atoms with E-state index in [1.807, 2.05) is 24.3 Å². The molecule has 2 aromatic carbocycles. The molecule has 0 bridgehead atoms. The number of carboxylic acids is 1. The Hall–Kier alpha value is -2.74. The van der Waals surface area contributed by atoms with Crippen molar-refractivity contribution in [1.82, 2.24) is 16.1 Å². The van der Waals surface area contributed by atoms with E-state index in [4.69, 9.17) is 5.21 Å². The number of aryl methyl sites for hydroxylation is 1. The molecule has 0 saturated heterocycles. The molecule has 0 heterocycles. The maximum atomic E-state index is 11.7. The number of amides is 1. The average Bonchev–Trinajstić information content (AvgIpc) is 2.85. The van der Waals surface area contributed by atoms with Crippen molar-refractivity contribution >= 4 is 11.9 Å². The van der Waals surface area contributed by atoms with Gasteiger partial charge in [-0.15, -0.1) is 0 Å². The van der Waals surface area contributed by atoms with E-state index in [-0.39, 0.29) is 18.2 Å². The lowest BCUT2D eigenvalue weighted by Gasteiger charge is -2.28. The molecule has 0 spiro atoms. The van der Waals surface area contributed by atoms with Crippen LogP contribution in [0.2, 0.25) is 0 Å². The van der Waals surface area contributed by atoms with Crippen molar-refractivity contribution in [3.8, 4) is 0 Å². The Morgan fingerprint density at radius 2 is 1.33 bits per heavy atom. The predicted molar refractivity (Wildman–Crippen MR) is 127 cm³/mol. The molecule has 1 aliphatic rings. The highest BCUT2D eigenvalue weighted by molar-refractivity contribution is 5.74. The molecule has 178 valence electrons. The largest absolute Gasteiger partial charge is 0.480 e. The van der Waals surface area contributed by atoms with Crippen molar-refractivity contribution in [2.24, 2.45) is 5.92 Å². The van der Waals surface area contributed by atoms with Gasteiger partial charge >= 0.3 is 5.97 Å². The van der Waals surface area contributed by atoms with Gasteiger partial charge in [0.15, 0.2) is 0 Å². The highest BCUT2D eigenvalue weighted by atomic mass is 16.5. The Bertz CT molecular complexity index is 877. The molecule has 1 amide bonds. The number of aliphatic carboxylic acids is 1. The SMILES string of the molecule is O=C(CCc1ccc(CNCc2ccc(CNC(C(=O)O)C3CCCCC3)cc2)cc1)NO. The second kappa shape index (κ2) is 13.1. The van der Waals surface area contributed by atoms with Crippen molar-refractivity contribution < 1.29 is 19.9 Å². The van der Waals surface area contributed by atoms with Gasteiger partial charge in [-0.05, 0) is 47.4 Å². The number of rotatable bonds is 12. The lowest BCUT2D eigenvalue weighted by atomic mass is 9.84. The van der Waals surface area contributed by atoms with Gasteiger partial charge in [-0.2, -0.15) is 0 Å². The Balaban J connectivity index is 1.40. The van der Waals surface area contributed by atoms with Crippen molar-refractivity contribution in [2.45, 2.75) is 70.6 Å². The zero-order chi connectivity index (χ0) is 23.5. The second-order valence-electron chi connectivity index (χ2n) is 8.87. The van der Waals surface area contributed by atoms with E-state index in [0.717, 1.165) is 55.5 Å². The summed E-state index contributed by atoms with van der Waals surface area (Å²) in [5.41, 5.74) is 6.13. The Morgan fingerprint density at radius 3 is 1.85 bits per heavy atom. The van der Waals surface area contributed by atoms with Crippen LogP contribution in [-0.2, 0) is 35.6 Å². The fraction of sp³-hybridized carbons (Fsp3) is 0.462. The van der Waals surface area contributed by atoms with Gasteiger partial charge in [-0.1, -0.05) is 67.8 Å². The molecule has 0 radical (unpaired) electrons. The number of hydrogen-bond acceptors (Lipinski definition) is 5. The van der Waals surface area contributed by atoms with Crippen LogP contribution in [0.25, 0.3) is 0 Å². The number of nitrogens with one attached hydrogen (secondary N) is 3. The minimum absolute atomic E-state index is 0.230. The van der Waals surface area contributed by atoms with Gasteiger partial charge in [0.1, 0.15) is 6.04 Å². The first-order chi connectivity index (χ1) is 16.0. The van der Waals surface area contributed by atoms with Crippen LogP contribution in [0.4, 0.5) is 0 Å². The molecule has 3 rings (SSSR count). The summed E-state index contributed by atoms with van der Waals surface area (Å²) in [4.78, 5) is 22.8. The van der Waals surface area contributed by atoms with Gasteiger partial charge in [-0.25, -0.2) is 5.48 Å². The summed E-state index contributed by atoms with van der Waals surface area (Å²) in [7, 11) is 0. The van der Waals surface area contributed by atoms with E-state index in [1.165, 1.54) is 12.0 Å². The summed E-state index contributed by atoms with van der Waals surface area (Å²) in [5, 5.41) is 24.9. The normalized spacial score (nSPS) is 15.2. The van der Waals surface area contributed by atoms with Crippen LogP contribution in [0.1, 0.15) is 60.8 Å². The number of carbonyl (C=O) groups excluding carboxylic acids is 1. The number of carboxylic acid groups (broad SMARTS) is 1. The molecule has 0 aromatic heterocycles. The van der Waals surface area contributed by atoms with Crippen molar-refractivity contribution in [3.63, 3.8) is 0 Å². The number of hydrogen-bond donors (Lipinski definition) is 5. The predicted octanol–water partition coefficient (Wildman–Crippen LogP) is 3.54. The zero-order valence-corrected chi connectivity index (χ0v) is 19.1. The van der Waals surface area contributed by atoms with E-state index in [2.05, 4.69) is 34.9 Å². The van der Waals surface area contributed by atoms with Crippen LogP contribution in [-0.4, -0.2) is 28.2 Å². The van der Waals surface area contributed by atoms with E-state index in [9.17, 15) is 14.7 Å². The van der Waals surface area contributed by atoms with Crippen LogP contribution < -0.4 is 16.1 Å². The summed E-state index contributed by atoms with van der Waals surface area (Å²) >= 11 is 0. The van der Waals surface area contributed by atoms with Crippen molar-refractivity contribution in [3.05, 3.63) is 70.8 Å². The molecule has 1 fully saturated rings. The summed E-state index contributed by atoms with van der Waals surface area (Å²) in [6.07, 6.45) is 6.33. The minimum atomic E-state index is -0.744. The lowest BCUT2D eigenvalue weighted by Crippen LogP contribution is -2.43. The summed E-state index contributed by atoms with van der Waals surface area (Å²) in [6, 6.07) is 15.9.